The molecule has 5 heteroatoms. The molecule has 1 unspecified atom stereocenters. The lowest BCUT2D eigenvalue weighted by atomic mass is 10.0. The van der Waals surface area contributed by atoms with E-state index < -0.39 is 17.9 Å². The average molecular weight is 167 g/mol. The van der Waals surface area contributed by atoms with Crippen molar-refractivity contribution in [2.45, 2.75) is 12.6 Å². The minimum atomic E-state index is -4.66. The molecule has 0 saturated carbocycles. The number of rotatable bonds is 1. The molecule has 1 atom stereocenters. The van der Waals surface area contributed by atoms with Crippen molar-refractivity contribution in [3.8, 4) is 0 Å². The number of halogens is 3. The van der Waals surface area contributed by atoms with Gasteiger partial charge in [0, 0.05) is 12.5 Å². The maximum Gasteiger partial charge on any atom is 0.450 e. The number of hydrogen-bond acceptors (Lipinski definition) is 2. The minimum absolute atomic E-state index is 0.165. The first-order valence-corrected chi connectivity index (χ1v) is 3.33. The van der Waals surface area contributed by atoms with Crippen LogP contribution in [0.1, 0.15) is 6.42 Å². The van der Waals surface area contributed by atoms with E-state index in [2.05, 4.69) is 5.32 Å². The molecular weight excluding hydrogens is 159 g/mol. The first-order valence-electron chi connectivity index (χ1n) is 3.33. The van der Waals surface area contributed by atoms with Crippen LogP contribution in [0.25, 0.3) is 0 Å². The first kappa shape index (κ1) is 8.52. The Labute approximate surface area is 61.8 Å². The third kappa shape index (κ3) is 1.92. The van der Waals surface area contributed by atoms with Gasteiger partial charge in [0.15, 0.2) is 0 Å². The highest BCUT2D eigenvalue weighted by molar-refractivity contribution is 5.86. The van der Waals surface area contributed by atoms with E-state index in [-0.39, 0.29) is 6.54 Å². The van der Waals surface area contributed by atoms with Crippen molar-refractivity contribution in [1.82, 2.24) is 5.32 Å². The predicted molar refractivity (Wildman–Crippen MR) is 32.0 cm³/mol. The Morgan fingerprint density at radius 3 is 2.45 bits per heavy atom. The van der Waals surface area contributed by atoms with Crippen molar-refractivity contribution in [2.24, 2.45) is 5.92 Å². The fourth-order valence-corrected chi connectivity index (χ4v) is 1.11. The molecule has 1 heterocycles. The molecule has 11 heavy (non-hydrogen) atoms. The molecule has 1 rings (SSSR count). The second-order valence-electron chi connectivity index (χ2n) is 2.55. The number of hydrogen-bond donors (Lipinski definition) is 1. The van der Waals surface area contributed by atoms with Crippen molar-refractivity contribution in [3.05, 3.63) is 0 Å². The van der Waals surface area contributed by atoms with Gasteiger partial charge in [-0.2, -0.15) is 13.2 Å². The summed E-state index contributed by atoms with van der Waals surface area (Å²) in [6.07, 6.45) is -4.35. The summed E-state index contributed by atoms with van der Waals surface area (Å²) in [5.74, 6) is -2.45. The van der Waals surface area contributed by atoms with Gasteiger partial charge in [-0.05, 0) is 13.0 Å². The minimum Gasteiger partial charge on any atom is -0.316 e. The molecule has 1 fully saturated rings. The molecule has 64 valence electrons. The van der Waals surface area contributed by atoms with Gasteiger partial charge in [0.2, 0.25) is 5.78 Å². The van der Waals surface area contributed by atoms with E-state index >= 15 is 0 Å². The van der Waals surface area contributed by atoms with Crippen LogP contribution in [-0.4, -0.2) is 25.0 Å². The molecule has 0 bridgehead atoms. The number of carbonyl (C=O) groups excluding carboxylic acids is 1. The normalized spacial score (nSPS) is 25.5. The number of nitrogens with one attached hydrogen (secondary N) is 1. The van der Waals surface area contributed by atoms with Gasteiger partial charge in [0.05, 0.1) is 0 Å². The lowest BCUT2D eigenvalue weighted by Gasteiger charge is -2.09. The Kier molecular flexibility index (Phi) is 2.17. The van der Waals surface area contributed by atoms with Crippen molar-refractivity contribution in [3.63, 3.8) is 0 Å². The second-order valence-corrected chi connectivity index (χ2v) is 2.55. The van der Waals surface area contributed by atoms with Crippen LogP contribution in [0.3, 0.4) is 0 Å². The van der Waals surface area contributed by atoms with Gasteiger partial charge in [-0.25, -0.2) is 0 Å². The molecule has 0 aromatic rings. The molecule has 0 aliphatic carbocycles. The SMILES string of the molecule is O=C(C1CCNC1)C(F)(F)F. The van der Waals surface area contributed by atoms with Crippen LogP contribution < -0.4 is 5.32 Å². The van der Waals surface area contributed by atoms with Crippen LogP contribution in [0.15, 0.2) is 0 Å². The molecule has 1 aliphatic heterocycles. The first-order chi connectivity index (χ1) is 5.02. The zero-order valence-electron chi connectivity index (χ0n) is 5.74. The summed E-state index contributed by atoms with van der Waals surface area (Å²) in [5.41, 5.74) is 0. The highest BCUT2D eigenvalue weighted by Crippen LogP contribution is 2.23. The quantitative estimate of drug-likeness (QED) is 0.623. The van der Waals surface area contributed by atoms with Crippen molar-refractivity contribution in [2.75, 3.05) is 13.1 Å². The Bertz CT molecular complexity index is 160. The average Bonchev–Trinajstić information content (AvgIpc) is 2.34. The van der Waals surface area contributed by atoms with Gasteiger partial charge in [0.25, 0.3) is 0 Å². The summed E-state index contributed by atoms with van der Waals surface area (Å²) in [5, 5.41) is 2.70. The Morgan fingerprint density at radius 2 is 2.09 bits per heavy atom. The maximum atomic E-state index is 11.7. The standard InChI is InChI=1S/C6H8F3NO/c7-6(8,9)5(11)4-1-2-10-3-4/h4,10H,1-3H2. The number of alkyl halides is 3. The van der Waals surface area contributed by atoms with Gasteiger partial charge in [-0.15, -0.1) is 0 Å². The highest BCUT2D eigenvalue weighted by atomic mass is 19.4. The lowest BCUT2D eigenvalue weighted by molar-refractivity contribution is -0.174. The van der Waals surface area contributed by atoms with E-state index in [1.807, 2.05) is 0 Å². The van der Waals surface area contributed by atoms with Crippen LogP contribution in [0.5, 0.6) is 0 Å². The fraction of sp³-hybridized carbons (Fsp3) is 0.833. The van der Waals surface area contributed by atoms with Crippen LogP contribution in [0.2, 0.25) is 0 Å². The van der Waals surface area contributed by atoms with Gasteiger partial charge in [-0.3, -0.25) is 4.79 Å². The van der Waals surface area contributed by atoms with E-state index in [9.17, 15) is 18.0 Å². The fourth-order valence-electron chi connectivity index (χ4n) is 1.11. The van der Waals surface area contributed by atoms with Crippen LogP contribution in [0, 0.1) is 5.92 Å². The third-order valence-electron chi connectivity index (χ3n) is 1.71. The molecule has 1 aliphatic rings. The topological polar surface area (TPSA) is 29.1 Å². The number of ketones is 1. The van der Waals surface area contributed by atoms with Gasteiger partial charge in [0.1, 0.15) is 0 Å². The van der Waals surface area contributed by atoms with E-state index in [0.29, 0.717) is 13.0 Å². The Hall–Kier alpha value is -0.580. The summed E-state index contributed by atoms with van der Waals surface area (Å²) in [4.78, 5) is 10.5. The Morgan fingerprint density at radius 1 is 1.45 bits per heavy atom. The summed E-state index contributed by atoms with van der Waals surface area (Å²) in [6.45, 7) is 0.671. The molecule has 0 radical (unpaired) electrons. The number of Topliss-reactive ketones (excluding diaryl/α,β-unsaturated/α-hetero) is 1. The summed E-state index contributed by atoms with van der Waals surface area (Å²) in [6, 6.07) is 0. The third-order valence-corrected chi connectivity index (χ3v) is 1.71. The largest absolute Gasteiger partial charge is 0.450 e. The molecule has 0 aromatic carbocycles. The van der Waals surface area contributed by atoms with Gasteiger partial charge in [-0.1, -0.05) is 0 Å². The lowest BCUT2D eigenvalue weighted by Crippen LogP contribution is -2.31. The second kappa shape index (κ2) is 2.81. The van der Waals surface area contributed by atoms with Gasteiger partial charge >= 0.3 is 6.18 Å². The van der Waals surface area contributed by atoms with Crippen LogP contribution in [-0.2, 0) is 4.79 Å². The van der Waals surface area contributed by atoms with E-state index in [4.69, 9.17) is 0 Å². The summed E-state index contributed by atoms with van der Waals surface area (Å²) < 4.78 is 35.2. The monoisotopic (exact) mass is 167 g/mol. The molecule has 1 saturated heterocycles. The zero-order chi connectivity index (χ0) is 8.48. The molecule has 2 nitrogen and oxygen atoms in total. The number of carbonyl (C=O) groups is 1. The Balaban J connectivity index is 2.53. The molecule has 0 spiro atoms. The van der Waals surface area contributed by atoms with E-state index in [1.165, 1.54) is 0 Å². The van der Waals surface area contributed by atoms with Crippen molar-refractivity contribution < 1.29 is 18.0 Å². The van der Waals surface area contributed by atoms with Gasteiger partial charge < -0.3 is 5.32 Å². The van der Waals surface area contributed by atoms with E-state index in [1.54, 1.807) is 0 Å². The zero-order valence-corrected chi connectivity index (χ0v) is 5.74. The van der Waals surface area contributed by atoms with Crippen molar-refractivity contribution in [1.29, 1.82) is 0 Å². The maximum absolute atomic E-state index is 11.7. The highest BCUT2D eigenvalue weighted by Gasteiger charge is 2.43. The van der Waals surface area contributed by atoms with E-state index in [0.717, 1.165) is 0 Å². The summed E-state index contributed by atoms with van der Waals surface area (Å²) >= 11 is 0. The van der Waals surface area contributed by atoms with Crippen LogP contribution in [0.4, 0.5) is 13.2 Å². The smallest absolute Gasteiger partial charge is 0.316 e. The molecule has 1 N–H and O–H groups in total. The predicted octanol–water partition coefficient (Wildman–Crippen LogP) is 0.727. The summed E-state index contributed by atoms with van der Waals surface area (Å²) in [7, 11) is 0. The van der Waals surface area contributed by atoms with Crippen molar-refractivity contribution >= 4 is 5.78 Å². The molecular formula is C6H8F3NO. The van der Waals surface area contributed by atoms with Crippen LogP contribution >= 0.6 is 0 Å². The molecule has 0 aromatic heterocycles. The molecule has 0 amide bonds.